The molecule has 2 rings (SSSR count). The van der Waals surface area contributed by atoms with Gasteiger partial charge in [-0.05, 0) is 20.4 Å². The Morgan fingerprint density at radius 3 is 2.72 bits per heavy atom. The van der Waals surface area contributed by atoms with Crippen molar-refractivity contribution in [1.29, 1.82) is 0 Å². The van der Waals surface area contributed by atoms with E-state index in [1.807, 2.05) is 11.8 Å². The number of piperazine rings is 1. The molecule has 104 valence electrons. The van der Waals surface area contributed by atoms with Gasteiger partial charge in [0.15, 0.2) is 0 Å². The smallest absolute Gasteiger partial charge is 0.232 e. The van der Waals surface area contributed by atoms with Gasteiger partial charge in [0.25, 0.3) is 0 Å². The average molecular weight is 255 g/mol. The molecule has 5 nitrogen and oxygen atoms in total. The first-order valence-electron chi connectivity index (χ1n) is 6.85. The Morgan fingerprint density at radius 1 is 1.50 bits per heavy atom. The third-order valence-corrected chi connectivity index (χ3v) is 4.46. The van der Waals surface area contributed by atoms with E-state index in [-0.39, 0.29) is 11.9 Å². The molecule has 18 heavy (non-hydrogen) atoms. The molecule has 0 bridgehead atoms. The number of hydrogen-bond donors (Lipinski definition) is 1. The van der Waals surface area contributed by atoms with Crippen LogP contribution in [0.25, 0.3) is 0 Å². The van der Waals surface area contributed by atoms with Crippen LogP contribution in [0.15, 0.2) is 0 Å². The molecule has 3 unspecified atom stereocenters. The van der Waals surface area contributed by atoms with Crippen molar-refractivity contribution in [1.82, 2.24) is 9.80 Å². The predicted octanol–water partition coefficient (Wildman–Crippen LogP) is -0.0972. The number of rotatable bonds is 2. The molecular formula is C13H25N3O2. The Bertz CT molecular complexity index is 323. The van der Waals surface area contributed by atoms with Crippen molar-refractivity contribution >= 4 is 5.91 Å². The number of carbonyl (C=O) groups excluding carboxylic acids is 1. The summed E-state index contributed by atoms with van der Waals surface area (Å²) >= 11 is 0. The highest BCUT2D eigenvalue weighted by atomic mass is 16.5. The van der Waals surface area contributed by atoms with Gasteiger partial charge in [-0.2, -0.15) is 0 Å². The fraction of sp³-hybridized carbons (Fsp3) is 0.923. The van der Waals surface area contributed by atoms with Crippen LogP contribution in [-0.4, -0.2) is 67.2 Å². The summed E-state index contributed by atoms with van der Waals surface area (Å²) in [5.74, 6) is 0.162. The molecule has 0 spiro atoms. The fourth-order valence-corrected chi connectivity index (χ4v) is 2.92. The van der Waals surface area contributed by atoms with Crippen molar-refractivity contribution in [2.45, 2.75) is 32.9 Å². The van der Waals surface area contributed by atoms with Crippen molar-refractivity contribution in [3.05, 3.63) is 0 Å². The van der Waals surface area contributed by atoms with Crippen LogP contribution < -0.4 is 5.73 Å². The molecule has 0 saturated carbocycles. The molecule has 0 aromatic heterocycles. The van der Waals surface area contributed by atoms with Crippen LogP contribution >= 0.6 is 0 Å². The van der Waals surface area contributed by atoms with Crippen LogP contribution in [0.5, 0.6) is 0 Å². The van der Waals surface area contributed by atoms with Gasteiger partial charge in [-0.3, -0.25) is 9.69 Å². The van der Waals surface area contributed by atoms with Crippen LogP contribution in [0.4, 0.5) is 0 Å². The van der Waals surface area contributed by atoms with E-state index in [2.05, 4.69) is 18.7 Å². The molecule has 2 aliphatic heterocycles. The van der Waals surface area contributed by atoms with Gasteiger partial charge >= 0.3 is 0 Å². The number of ether oxygens (including phenoxy) is 1. The third kappa shape index (κ3) is 2.27. The van der Waals surface area contributed by atoms with Gasteiger partial charge in [-0.1, -0.05) is 6.92 Å². The number of carbonyl (C=O) groups is 1. The highest BCUT2D eigenvalue weighted by Crippen LogP contribution is 2.30. The van der Waals surface area contributed by atoms with E-state index in [1.54, 1.807) is 0 Å². The monoisotopic (exact) mass is 255 g/mol. The molecular weight excluding hydrogens is 230 g/mol. The molecule has 2 aliphatic rings. The standard InChI is InChI=1S/C13H25N3O2/c1-4-15-5-6-16(7-10(15)2)12(17)13(3)9-18-8-11(13)14/h10-11H,4-9,14H2,1-3H3. The van der Waals surface area contributed by atoms with E-state index in [1.165, 1.54) is 0 Å². The van der Waals surface area contributed by atoms with E-state index in [0.717, 1.165) is 26.2 Å². The first kappa shape index (κ1) is 13.8. The van der Waals surface area contributed by atoms with E-state index >= 15 is 0 Å². The van der Waals surface area contributed by atoms with E-state index in [4.69, 9.17) is 10.5 Å². The average Bonchev–Trinajstić information content (AvgIpc) is 2.70. The Morgan fingerprint density at radius 2 is 2.22 bits per heavy atom. The van der Waals surface area contributed by atoms with Crippen LogP contribution in [0.3, 0.4) is 0 Å². The summed E-state index contributed by atoms with van der Waals surface area (Å²) in [6, 6.07) is 0.249. The fourth-order valence-electron chi connectivity index (χ4n) is 2.92. The van der Waals surface area contributed by atoms with Gasteiger partial charge in [0.2, 0.25) is 5.91 Å². The summed E-state index contributed by atoms with van der Waals surface area (Å²) in [5.41, 5.74) is 5.49. The zero-order valence-electron chi connectivity index (χ0n) is 11.7. The second-order valence-corrected chi connectivity index (χ2v) is 5.77. The summed E-state index contributed by atoms with van der Waals surface area (Å²) in [6.07, 6.45) is 0. The molecule has 0 aromatic carbocycles. The molecule has 2 N–H and O–H groups in total. The van der Waals surface area contributed by atoms with Crippen LogP contribution in [0.1, 0.15) is 20.8 Å². The van der Waals surface area contributed by atoms with Crippen LogP contribution in [0.2, 0.25) is 0 Å². The Labute approximate surface area is 109 Å². The molecule has 5 heteroatoms. The predicted molar refractivity (Wildman–Crippen MR) is 70.2 cm³/mol. The first-order chi connectivity index (χ1) is 8.49. The molecule has 0 aromatic rings. The third-order valence-electron chi connectivity index (χ3n) is 4.46. The number of nitrogens with two attached hydrogens (primary N) is 1. The molecule has 0 aliphatic carbocycles. The van der Waals surface area contributed by atoms with E-state index in [0.29, 0.717) is 19.3 Å². The minimum absolute atomic E-state index is 0.162. The second-order valence-electron chi connectivity index (χ2n) is 5.77. The lowest BCUT2D eigenvalue weighted by atomic mass is 9.84. The largest absolute Gasteiger partial charge is 0.379 e. The zero-order valence-corrected chi connectivity index (χ0v) is 11.7. The van der Waals surface area contributed by atoms with Gasteiger partial charge in [0.05, 0.1) is 18.6 Å². The Balaban J connectivity index is 2.02. The topological polar surface area (TPSA) is 58.8 Å². The van der Waals surface area contributed by atoms with Crippen molar-refractivity contribution in [2.75, 3.05) is 39.4 Å². The van der Waals surface area contributed by atoms with Gasteiger partial charge in [0, 0.05) is 31.7 Å². The maximum Gasteiger partial charge on any atom is 0.232 e. The Hall–Kier alpha value is -0.650. The molecule has 2 heterocycles. The Kier molecular flexibility index (Phi) is 3.94. The zero-order chi connectivity index (χ0) is 13.3. The van der Waals surface area contributed by atoms with Crippen LogP contribution in [-0.2, 0) is 9.53 Å². The SMILES string of the molecule is CCN1CCN(C(=O)C2(C)COCC2N)CC1C. The highest BCUT2D eigenvalue weighted by Gasteiger charge is 2.47. The molecule has 3 atom stereocenters. The molecule has 2 fully saturated rings. The first-order valence-corrected chi connectivity index (χ1v) is 6.85. The molecule has 0 radical (unpaired) electrons. The van der Waals surface area contributed by atoms with Gasteiger partial charge in [-0.15, -0.1) is 0 Å². The van der Waals surface area contributed by atoms with E-state index < -0.39 is 5.41 Å². The number of amides is 1. The van der Waals surface area contributed by atoms with Gasteiger partial charge in [0.1, 0.15) is 0 Å². The summed E-state index contributed by atoms with van der Waals surface area (Å²) in [5, 5.41) is 0. The summed E-state index contributed by atoms with van der Waals surface area (Å²) in [7, 11) is 0. The molecule has 1 amide bonds. The highest BCUT2D eigenvalue weighted by molar-refractivity contribution is 5.84. The lowest BCUT2D eigenvalue weighted by Gasteiger charge is -2.42. The van der Waals surface area contributed by atoms with Crippen LogP contribution in [0, 0.1) is 5.41 Å². The lowest BCUT2D eigenvalue weighted by Crippen LogP contribution is -2.59. The maximum absolute atomic E-state index is 12.6. The second kappa shape index (κ2) is 5.15. The number of likely N-dealkylation sites (N-methyl/N-ethyl adjacent to an activating group) is 1. The maximum atomic E-state index is 12.6. The van der Waals surface area contributed by atoms with Crippen molar-refractivity contribution in [3.63, 3.8) is 0 Å². The lowest BCUT2D eigenvalue weighted by molar-refractivity contribution is -0.144. The van der Waals surface area contributed by atoms with Crippen molar-refractivity contribution < 1.29 is 9.53 Å². The normalized spacial score (nSPS) is 38.1. The van der Waals surface area contributed by atoms with E-state index in [9.17, 15) is 4.79 Å². The molecule has 2 saturated heterocycles. The number of nitrogens with zero attached hydrogens (tertiary/aromatic N) is 2. The summed E-state index contributed by atoms with van der Waals surface area (Å²) in [4.78, 5) is 17.0. The summed E-state index contributed by atoms with van der Waals surface area (Å²) in [6.45, 7) is 10.8. The van der Waals surface area contributed by atoms with Crippen molar-refractivity contribution in [2.24, 2.45) is 11.1 Å². The minimum Gasteiger partial charge on any atom is -0.379 e. The minimum atomic E-state index is -0.534. The van der Waals surface area contributed by atoms with Crippen molar-refractivity contribution in [3.8, 4) is 0 Å². The summed E-state index contributed by atoms with van der Waals surface area (Å²) < 4.78 is 5.37. The van der Waals surface area contributed by atoms with Gasteiger partial charge < -0.3 is 15.4 Å². The van der Waals surface area contributed by atoms with Gasteiger partial charge in [-0.25, -0.2) is 0 Å². The number of hydrogen-bond acceptors (Lipinski definition) is 4. The quantitative estimate of drug-likeness (QED) is 0.749.